The van der Waals surface area contributed by atoms with Crippen LogP contribution >= 0.6 is 11.3 Å². The van der Waals surface area contributed by atoms with Gasteiger partial charge in [0.15, 0.2) is 5.75 Å². The lowest BCUT2D eigenvalue weighted by Gasteiger charge is -2.01. The lowest BCUT2D eigenvalue weighted by atomic mass is 10.2. The molecule has 0 aliphatic rings. The first-order valence-electron chi connectivity index (χ1n) is 6.66. The number of ether oxygens (including phenoxy) is 2. The Morgan fingerprint density at radius 3 is 2.96 bits per heavy atom. The summed E-state index contributed by atoms with van der Waals surface area (Å²) in [7, 11) is 2.68. The molecule has 1 N–H and O–H groups in total. The summed E-state index contributed by atoms with van der Waals surface area (Å²) >= 11 is 1.28. The van der Waals surface area contributed by atoms with E-state index in [-0.39, 0.29) is 23.8 Å². The van der Waals surface area contributed by atoms with E-state index in [0.29, 0.717) is 16.4 Å². The van der Waals surface area contributed by atoms with Crippen molar-refractivity contribution in [3.63, 3.8) is 0 Å². The van der Waals surface area contributed by atoms with Crippen molar-refractivity contribution in [2.24, 2.45) is 5.10 Å². The molecule has 10 heteroatoms. The first kappa shape index (κ1) is 17.3. The Balaban J connectivity index is 2.03. The molecular formula is C14H14N4O5S. The van der Waals surface area contributed by atoms with E-state index in [1.54, 1.807) is 11.4 Å². The van der Waals surface area contributed by atoms with Gasteiger partial charge in [0.1, 0.15) is 0 Å². The van der Waals surface area contributed by atoms with E-state index in [1.165, 1.54) is 43.9 Å². The molecule has 0 amide bonds. The van der Waals surface area contributed by atoms with E-state index in [1.807, 2.05) is 0 Å². The number of nitrogens with one attached hydrogen (secondary N) is 1. The smallest absolute Gasteiger partial charge is 0.311 e. The van der Waals surface area contributed by atoms with Gasteiger partial charge < -0.3 is 9.47 Å². The van der Waals surface area contributed by atoms with E-state index in [2.05, 4.69) is 20.2 Å². The molecule has 9 nitrogen and oxygen atoms in total. The standard InChI is InChI=1S/C14H14N4O5S/c1-22-12-4-3-9(5-11(12)18(20)21)7-15-17-14-16-10(8-24-14)6-13(19)23-2/h3-5,7-8H,6H2,1-2H3,(H,16,17)/b15-7-. The number of carbonyl (C=O) groups is 1. The number of nitro benzene ring substituents is 1. The van der Waals surface area contributed by atoms with Gasteiger partial charge in [-0.25, -0.2) is 4.98 Å². The van der Waals surface area contributed by atoms with Crippen LogP contribution < -0.4 is 10.2 Å². The van der Waals surface area contributed by atoms with Crippen molar-refractivity contribution in [3.8, 4) is 5.75 Å². The Hall–Kier alpha value is -3.01. The first-order valence-corrected chi connectivity index (χ1v) is 7.54. The maximum absolute atomic E-state index is 11.2. The van der Waals surface area contributed by atoms with E-state index in [9.17, 15) is 14.9 Å². The summed E-state index contributed by atoms with van der Waals surface area (Å²) in [6.07, 6.45) is 1.51. The minimum atomic E-state index is -0.524. The lowest BCUT2D eigenvalue weighted by molar-refractivity contribution is -0.385. The molecule has 0 atom stereocenters. The summed E-state index contributed by atoms with van der Waals surface area (Å²) in [6, 6.07) is 4.49. The number of hydrogen-bond donors (Lipinski definition) is 1. The molecule has 0 saturated carbocycles. The van der Waals surface area contributed by atoms with Gasteiger partial charge in [-0.05, 0) is 12.1 Å². The van der Waals surface area contributed by atoms with Gasteiger partial charge in [0, 0.05) is 17.0 Å². The van der Waals surface area contributed by atoms with Crippen molar-refractivity contribution in [2.75, 3.05) is 19.6 Å². The second-order valence-corrected chi connectivity index (χ2v) is 5.31. The fourth-order valence-corrected chi connectivity index (χ4v) is 2.41. The van der Waals surface area contributed by atoms with Crippen LogP contribution in [-0.2, 0) is 16.0 Å². The lowest BCUT2D eigenvalue weighted by Crippen LogP contribution is -2.04. The molecule has 1 heterocycles. The number of rotatable bonds is 7. The quantitative estimate of drug-likeness (QED) is 0.352. The Morgan fingerprint density at radius 2 is 2.29 bits per heavy atom. The first-order chi connectivity index (χ1) is 11.5. The van der Waals surface area contributed by atoms with Crippen LogP contribution in [0.15, 0.2) is 28.7 Å². The molecule has 1 aromatic heterocycles. The SMILES string of the molecule is COC(=O)Cc1csc(N/N=C\c2ccc(OC)c([N+](=O)[O-])c2)n1. The second kappa shape index (κ2) is 8.02. The maximum atomic E-state index is 11.2. The van der Waals surface area contributed by atoms with Crippen molar-refractivity contribution in [1.29, 1.82) is 0 Å². The Bertz CT molecular complexity index is 774. The number of benzene rings is 1. The Morgan fingerprint density at radius 1 is 1.50 bits per heavy atom. The average molecular weight is 350 g/mol. The van der Waals surface area contributed by atoms with E-state index in [4.69, 9.17) is 4.74 Å². The molecule has 0 fully saturated rings. The van der Waals surface area contributed by atoms with Crippen LogP contribution in [0.3, 0.4) is 0 Å². The van der Waals surface area contributed by atoms with Crippen LogP contribution in [-0.4, -0.2) is 36.3 Å². The molecule has 1 aromatic carbocycles. The number of nitro groups is 1. The summed E-state index contributed by atoms with van der Waals surface area (Å²) in [5.41, 5.74) is 3.67. The molecule has 0 radical (unpaired) electrons. The van der Waals surface area contributed by atoms with E-state index < -0.39 is 4.92 Å². The zero-order valence-electron chi connectivity index (χ0n) is 12.9. The van der Waals surface area contributed by atoms with Crippen molar-refractivity contribution in [3.05, 3.63) is 45.0 Å². The van der Waals surface area contributed by atoms with Gasteiger partial charge in [-0.15, -0.1) is 11.3 Å². The minimum absolute atomic E-state index is 0.0864. The van der Waals surface area contributed by atoms with Gasteiger partial charge >= 0.3 is 11.7 Å². The highest BCUT2D eigenvalue weighted by Crippen LogP contribution is 2.26. The zero-order valence-corrected chi connectivity index (χ0v) is 13.7. The average Bonchev–Trinajstić information content (AvgIpc) is 3.01. The highest BCUT2D eigenvalue weighted by Gasteiger charge is 2.14. The molecule has 126 valence electrons. The third kappa shape index (κ3) is 4.49. The Labute approximate surface area is 141 Å². The summed E-state index contributed by atoms with van der Waals surface area (Å²) in [5, 5.41) is 17.1. The number of thiazole rings is 1. The van der Waals surface area contributed by atoms with Crippen LogP contribution in [0, 0.1) is 10.1 Å². The summed E-state index contributed by atoms with van der Waals surface area (Å²) in [4.78, 5) is 25.8. The number of nitrogens with zero attached hydrogens (tertiary/aromatic N) is 3. The highest BCUT2D eigenvalue weighted by molar-refractivity contribution is 7.13. The number of hydrogen-bond acceptors (Lipinski definition) is 9. The predicted molar refractivity (Wildman–Crippen MR) is 88.7 cm³/mol. The molecule has 0 saturated heterocycles. The third-order valence-corrected chi connectivity index (χ3v) is 3.67. The number of hydrazone groups is 1. The largest absolute Gasteiger partial charge is 0.490 e. The molecule has 0 spiro atoms. The molecule has 0 bridgehead atoms. The highest BCUT2D eigenvalue weighted by atomic mass is 32.1. The number of methoxy groups -OCH3 is 2. The summed E-state index contributed by atoms with van der Waals surface area (Å²) < 4.78 is 9.49. The van der Waals surface area contributed by atoms with Gasteiger partial charge in [0.25, 0.3) is 0 Å². The number of esters is 1. The maximum Gasteiger partial charge on any atom is 0.311 e. The van der Waals surface area contributed by atoms with Crippen molar-refractivity contribution in [1.82, 2.24) is 4.98 Å². The fourth-order valence-electron chi connectivity index (χ4n) is 1.75. The molecule has 2 rings (SSSR count). The van der Waals surface area contributed by atoms with Gasteiger partial charge in [0.05, 0.1) is 37.5 Å². The van der Waals surface area contributed by atoms with Gasteiger partial charge in [0.2, 0.25) is 5.13 Å². The Kier molecular flexibility index (Phi) is 5.79. The van der Waals surface area contributed by atoms with Crippen LogP contribution in [0.2, 0.25) is 0 Å². The normalized spacial score (nSPS) is 10.6. The van der Waals surface area contributed by atoms with Crippen LogP contribution in [0.4, 0.5) is 10.8 Å². The zero-order chi connectivity index (χ0) is 17.5. The third-order valence-electron chi connectivity index (χ3n) is 2.88. The van der Waals surface area contributed by atoms with Gasteiger partial charge in [-0.2, -0.15) is 5.10 Å². The van der Waals surface area contributed by atoms with E-state index >= 15 is 0 Å². The van der Waals surface area contributed by atoms with Crippen molar-refractivity contribution >= 4 is 34.3 Å². The molecule has 0 unspecified atom stereocenters. The summed E-state index contributed by atoms with van der Waals surface area (Å²) in [5.74, 6) is -0.196. The molecule has 2 aromatic rings. The fraction of sp³-hybridized carbons (Fsp3) is 0.214. The van der Waals surface area contributed by atoms with Crippen LogP contribution in [0.25, 0.3) is 0 Å². The molecule has 24 heavy (non-hydrogen) atoms. The predicted octanol–water partition coefficient (Wildman–Crippen LogP) is 2.22. The molecule has 0 aliphatic heterocycles. The number of anilines is 1. The number of carbonyl (C=O) groups excluding carboxylic acids is 1. The van der Waals surface area contributed by atoms with Crippen LogP contribution in [0.1, 0.15) is 11.3 Å². The van der Waals surface area contributed by atoms with Gasteiger partial charge in [-0.3, -0.25) is 20.3 Å². The number of aromatic nitrogens is 1. The minimum Gasteiger partial charge on any atom is -0.490 e. The van der Waals surface area contributed by atoms with Gasteiger partial charge in [-0.1, -0.05) is 0 Å². The second-order valence-electron chi connectivity index (χ2n) is 4.46. The van der Waals surface area contributed by atoms with E-state index in [0.717, 1.165) is 0 Å². The molecule has 0 aliphatic carbocycles. The van der Waals surface area contributed by atoms with Crippen molar-refractivity contribution < 1.29 is 19.2 Å². The van der Waals surface area contributed by atoms with Crippen LogP contribution in [0.5, 0.6) is 5.75 Å². The monoisotopic (exact) mass is 350 g/mol. The molecular weight excluding hydrogens is 336 g/mol. The topological polar surface area (TPSA) is 116 Å². The summed E-state index contributed by atoms with van der Waals surface area (Å²) in [6.45, 7) is 0. The van der Waals surface area contributed by atoms with Crippen molar-refractivity contribution in [2.45, 2.75) is 6.42 Å².